The molecule has 162 valence electrons. The van der Waals surface area contributed by atoms with Crippen LogP contribution in [0.25, 0.3) is 11.4 Å². The van der Waals surface area contributed by atoms with Crippen LogP contribution in [-0.4, -0.2) is 41.1 Å². The number of methoxy groups -OCH3 is 2. The number of hydrogen-bond acceptors (Lipinski definition) is 5. The van der Waals surface area contributed by atoms with Crippen LogP contribution in [0.1, 0.15) is 18.9 Å². The second-order valence-electron chi connectivity index (χ2n) is 7.25. The van der Waals surface area contributed by atoms with Crippen LogP contribution in [0.3, 0.4) is 0 Å². The van der Waals surface area contributed by atoms with E-state index in [0.717, 1.165) is 18.4 Å². The lowest BCUT2D eigenvalue weighted by atomic mass is 10.2. The van der Waals surface area contributed by atoms with Crippen molar-refractivity contribution < 1.29 is 14.3 Å². The molecule has 0 atom stereocenters. The molecule has 0 unspecified atom stereocenters. The second kappa shape index (κ2) is 8.95. The van der Waals surface area contributed by atoms with Gasteiger partial charge in [0.25, 0.3) is 0 Å². The largest absolute Gasteiger partial charge is 0.493 e. The minimum atomic E-state index is -0.384. The lowest BCUT2D eigenvalue weighted by molar-refractivity contribution is 0.251. The minimum Gasteiger partial charge on any atom is -0.493 e. The first-order valence-corrected chi connectivity index (χ1v) is 10.1. The van der Waals surface area contributed by atoms with Crippen LogP contribution in [0, 0.1) is 0 Å². The first-order valence-electron chi connectivity index (χ1n) is 10.1. The van der Waals surface area contributed by atoms with Crippen LogP contribution < -0.4 is 25.8 Å². The number of aromatic nitrogens is 3. The van der Waals surface area contributed by atoms with Gasteiger partial charge in [0.2, 0.25) is 0 Å². The summed E-state index contributed by atoms with van der Waals surface area (Å²) in [5.74, 6) is 1.77. The molecule has 0 bridgehead atoms. The molecule has 9 heteroatoms. The second-order valence-corrected chi connectivity index (χ2v) is 7.25. The molecule has 1 aromatic heterocycles. The van der Waals surface area contributed by atoms with Gasteiger partial charge < -0.3 is 20.1 Å². The Kier molecular flexibility index (Phi) is 5.92. The molecule has 2 amide bonds. The molecule has 0 aliphatic heterocycles. The molecule has 9 nitrogen and oxygen atoms in total. The topological polar surface area (TPSA) is 99.4 Å². The maximum Gasteiger partial charge on any atom is 0.346 e. The van der Waals surface area contributed by atoms with Gasteiger partial charge in [-0.2, -0.15) is 0 Å². The summed E-state index contributed by atoms with van der Waals surface area (Å²) in [6.45, 7) is 0.534. The van der Waals surface area contributed by atoms with Gasteiger partial charge in [0.15, 0.2) is 17.3 Å². The Balaban J connectivity index is 1.40. The molecule has 0 saturated heterocycles. The molecule has 1 fully saturated rings. The van der Waals surface area contributed by atoms with Crippen molar-refractivity contribution in [2.24, 2.45) is 0 Å². The lowest BCUT2D eigenvalue weighted by Crippen LogP contribution is -2.34. The van der Waals surface area contributed by atoms with Crippen molar-refractivity contribution in [1.29, 1.82) is 0 Å². The van der Waals surface area contributed by atoms with E-state index in [1.54, 1.807) is 29.9 Å². The molecule has 4 rings (SSSR count). The van der Waals surface area contributed by atoms with Crippen molar-refractivity contribution in [3.8, 4) is 22.9 Å². The molecule has 2 aromatic carbocycles. The average Bonchev–Trinajstić information content (AvgIpc) is 3.58. The van der Waals surface area contributed by atoms with E-state index in [0.29, 0.717) is 23.0 Å². The normalized spacial score (nSPS) is 13.0. The highest BCUT2D eigenvalue weighted by molar-refractivity contribution is 5.89. The van der Waals surface area contributed by atoms with Gasteiger partial charge in [-0.05, 0) is 25.0 Å². The minimum absolute atomic E-state index is 0.150. The SMILES string of the molecule is COc1ccc(NC(=O)NCCn2nc(-c3ccccc3)n(C3CC3)c2=O)cc1OC. The van der Waals surface area contributed by atoms with Crippen LogP contribution in [-0.2, 0) is 6.54 Å². The Labute approximate surface area is 179 Å². The molecule has 1 aliphatic carbocycles. The number of anilines is 1. The Morgan fingerprint density at radius 3 is 2.52 bits per heavy atom. The zero-order chi connectivity index (χ0) is 21.8. The molecule has 31 heavy (non-hydrogen) atoms. The predicted molar refractivity (Wildman–Crippen MR) is 117 cm³/mol. The lowest BCUT2D eigenvalue weighted by Gasteiger charge is -2.11. The van der Waals surface area contributed by atoms with Gasteiger partial charge in [0, 0.05) is 29.9 Å². The van der Waals surface area contributed by atoms with E-state index in [1.165, 1.54) is 11.8 Å². The number of nitrogens with zero attached hydrogens (tertiary/aromatic N) is 3. The van der Waals surface area contributed by atoms with Crippen LogP contribution in [0.5, 0.6) is 11.5 Å². The standard InChI is InChI=1S/C22H25N5O4/c1-30-18-11-8-16(14-19(18)31-2)24-21(28)23-12-13-26-22(29)27(17-9-10-17)20(25-26)15-6-4-3-5-7-15/h3-8,11,14,17H,9-10,12-13H2,1-2H3,(H2,23,24,28). The van der Waals surface area contributed by atoms with E-state index in [1.807, 2.05) is 30.3 Å². The van der Waals surface area contributed by atoms with Crippen LogP contribution in [0.15, 0.2) is 53.3 Å². The Bertz CT molecular complexity index is 1120. The summed E-state index contributed by atoms with van der Waals surface area (Å²) in [6.07, 6.45) is 1.97. The highest BCUT2D eigenvalue weighted by Crippen LogP contribution is 2.36. The number of amides is 2. The summed E-state index contributed by atoms with van der Waals surface area (Å²) in [7, 11) is 3.08. The summed E-state index contributed by atoms with van der Waals surface area (Å²) in [5.41, 5.74) is 1.32. The van der Waals surface area contributed by atoms with Crippen LogP contribution >= 0.6 is 0 Å². The van der Waals surface area contributed by atoms with Crippen LogP contribution in [0.2, 0.25) is 0 Å². The zero-order valence-electron chi connectivity index (χ0n) is 17.5. The Morgan fingerprint density at radius 2 is 1.84 bits per heavy atom. The summed E-state index contributed by atoms with van der Waals surface area (Å²) in [6, 6.07) is 14.6. The highest BCUT2D eigenvalue weighted by Gasteiger charge is 2.30. The number of nitrogens with one attached hydrogen (secondary N) is 2. The summed E-state index contributed by atoms with van der Waals surface area (Å²) < 4.78 is 13.6. The summed E-state index contributed by atoms with van der Waals surface area (Å²) >= 11 is 0. The number of benzene rings is 2. The van der Waals surface area contributed by atoms with Crippen molar-refractivity contribution in [2.75, 3.05) is 26.1 Å². The Morgan fingerprint density at radius 1 is 1.10 bits per heavy atom. The van der Waals surface area contributed by atoms with E-state index >= 15 is 0 Å². The van der Waals surface area contributed by atoms with Gasteiger partial charge in [0.05, 0.1) is 20.8 Å². The number of rotatable bonds is 8. The quantitative estimate of drug-likeness (QED) is 0.580. The molecule has 2 N–H and O–H groups in total. The molecule has 3 aromatic rings. The van der Waals surface area contributed by atoms with Crippen molar-refractivity contribution in [1.82, 2.24) is 19.7 Å². The first-order chi connectivity index (χ1) is 15.1. The number of urea groups is 1. The third-order valence-corrected chi connectivity index (χ3v) is 5.07. The zero-order valence-corrected chi connectivity index (χ0v) is 17.5. The number of ether oxygens (including phenoxy) is 2. The van der Waals surface area contributed by atoms with E-state index < -0.39 is 0 Å². The Hall–Kier alpha value is -3.75. The van der Waals surface area contributed by atoms with Gasteiger partial charge in [-0.25, -0.2) is 14.3 Å². The molecular formula is C22H25N5O4. The average molecular weight is 423 g/mol. The fourth-order valence-electron chi connectivity index (χ4n) is 3.38. The third-order valence-electron chi connectivity index (χ3n) is 5.07. The summed E-state index contributed by atoms with van der Waals surface area (Å²) in [4.78, 5) is 25.1. The molecule has 1 heterocycles. The van der Waals surface area contributed by atoms with E-state index in [9.17, 15) is 9.59 Å². The van der Waals surface area contributed by atoms with Gasteiger partial charge in [-0.15, -0.1) is 5.10 Å². The van der Waals surface area contributed by atoms with Gasteiger partial charge in [-0.3, -0.25) is 4.57 Å². The number of hydrogen-bond donors (Lipinski definition) is 2. The number of carbonyl (C=O) groups is 1. The first kappa shape index (κ1) is 20.5. The molecule has 1 aliphatic rings. The number of carbonyl (C=O) groups excluding carboxylic acids is 1. The maximum absolute atomic E-state index is 12.9. The third kappa shape index (κ3) is 4.55. The monoisotopic (exact) mass is 423 g/mol. The maximum atomic E-state index is 12.9. The smallest absolute Gasteiger partial charge is 0.346 e. The van der Waals surface area contributed by atoms with Crippen LogP contribution in [0.4, 0.5) is 10.5 Å². The van der Waals surface area contributed by atoms with Gasteiger partial charge in [0.1, 0.15) is 0 Å². The fraction of sp³-hybridized carbons (Fsp3) is 0.318. The van der Waals surface area contributed by atoms with Gasteiger partial charge >= 0.3 is 11.7 Å². The van der Waals surface area contributed by atoms with Crippen molar-refractivity contribution >= 4 is 11.7 Å². The fourth-order valence-corrected chi connectivity index (χ4v) is 3.38. The molecular weight excluding hydrogens is 398 g/mol. The van der Waals surface area contributed by atoms with Crippen molar-refractivity contribution in [3.63, 3.8) is 0 Å². The van der Waals surface area contributed by atoms with E-state index in [4.69, 9.17) is 9.47 Å². The summed E-state index contributed by atoms with van der Waals surface area (Å²) in [5, 5.41) is 10.0. The van der Waals surface area contributed by atoms with Crippen molar-refractivity contribution in [3.05, 3.63) is 59.0 Å². The highest BCUT2D eigenvalue weighted by atomic mass is 16.5. The van der Waals surface area contributed by atoms with Gasteiger partial charge in [-0.1, -0.05) is 30.3 Å². The van der Waals surface area contributed by atoms with Crippen molar-refractivity contribution in [2.45, 2.75) is 25.4 Å². The molecule has 1 saturated carbocycles. The predicted octanol–water partition coefficient (Wildman–Crippen LogP) is 2.89. The van der Waals surface area contributed by atoms with E-state index in [2.05, 4.69) is 15.7 Å². The molecule has 0 radical (unpaired) electrons. The molecule has 0 spiro atoms. The van der Waals surface area contributed by atoms with E-state index in [-0.39, 0.29) is 30.9 Å².